The van der Waals surface area contributed by atoms with E-state index in [0.717, 1.165) is 5.56 Å². The maximum absolute atomic E-state index is 12.1. The second kappa shape index (κ2) is 8.44. The first kappa shape index (κ1) is 19.4. The standard InChI is InChI=1S/C18H18ClNO6/c1-10-4-5-12(8-13(10)19)20-16(21)9-26-17-14(24-2)6-11(18(22)23)7-15(17)25-3/h4-8H,9H2,1-3H3,(H,20,21)(H,22,23). The van der Waals surface area contributed by atoms with Crippen LogP contribution in [0.1, 0.15) is 15.9 Å². The lowest BCUT2D eigenvalue weighted by atomic mass is 10.2. The summed E-state index contributed by atoms with van der Waals surface area (Å²) in [6.45, 7) is 1.53. The molecule has 2 aromatic rings. The van der Waals surface area contributed by atoms with Gasteiger partial charge in [-0.3, -0.25) is 4.79 Å². The van der Waals surface area contributed by atoms with E-state index in [4.69, 9.17) is 30.9 Å². The monoisotopic (exact) mass is 379 g/mol. The molecule has 0 bridgehead atoms. The maximum atomic E-state index is 12.1. The molecule has 0 spiro atoms. The molecule has 0 aliphatic rings. The predicted octanol–water partition coefficient (Wildman–Crippen LogP) is 3.38. The van der Waals surface area contributed by atoms with E-state index in [2.05, 4.69) is 5.32 Å². The summed E-state index contributed by atoms with van der Waals surface area (Å²) in [6.07, 6.45) is 0. The third-order valence-corrected chi connectivity index (χ3v) is 3.92. The minimum Gasteiger partial charge on any atom is -0.493 e. The van der Waals surface area contributed by atoms with E-state index in [9.17, 15) is 9.59 Å². The van der Waals surface area contributed by atoms with Crippen LogP contribution in [-0.2, 0) is 4.79 Å². The van der Waals surface area contributed by atoms with Gasteiger partial charge in [0.25, 0.3) is 5.91 Å². The van der Waals surface area contributed by atoms with Gasteiger partial charge in [-0.2, -0.15) is 0 Å². The zero-order chi connectivity index (χ0) is 19.3. The smallest absolute Gasteiger partial charge is 0.335 e. The molecule has 1 amide bonds. The Labute approximate surface area is 155 Å². The maximum Gasteiger partial charge on any atom is 0.335 e. The highest BCUT2D eigenvalue weighted by atomic mass is 35.5. The molecule has 7 nitrogen and oxygen atoms in total. The molecule has 2 aromatic carbocycles. The number of methoxy groups -OCH3 is 2. The predicted molar refractivity (Wildman–Crippen MR) is 96.8 cm³/mol. The number of aromatic carboxylic acids is 1. The van der Waals surface area contributed by atoms with Gasteiger partial charge in [-0.15, -0.1) is 0 Å². The quantitative estimate of drug-likeness (QED) is 0.765. The van der Waals surface area contributed by atoms with Gasteiger partial charge in [-0.05, 0) is 36.8 Å². The Morgan fingerprint density at radius 3 is 2.23 bits per heavy atom. The molecule has 0 saturated carbocycles. The van der Waals surface area contributed by atoms with Gasteiger partial charge in [-0.25, -0.2) is 4.79 Å². The fourth-order valence-corrected chi connectivity index (χ4v) is 2.33. The van der Waals surface area contributed by atoms with Crippen LogP contribution in [0.15, 0.2) is 30.3 Å². The molecule has 0 atom stereocenters. The topological polar surface area (TPSA) is 94.1 Å². The third-order valence-electron chi connectivity index (χ3n) is 3.51. The van der Waals surface area contributed by atoms with Crippen LogP contribution in [0.3, 0.4) is 0 Å². The minimum atomic E-state index is -1.14. The zero-order valence-corrected chi connectivity index (χ0v) is 15.2. The Balaban J connectivity index is 2.13. The van der Waals surface area contributed by atoms with Gasteiger partial charge in [0.1, 0.15) is 0 Å². The Kier molecular flexibility index (Phi) is 6.30. The van der Waals surface area contributed by atoms with E-state index in [1.54, 1.807) is 18.2 Å². The number of anilines is 1. The molecule has 138 valence electrons. The molecule has 0 radical (unpaired) electrons. The van der Waals surface area contributed by atoms with E-state index < -0.39 is 11.9 Å². The molecule has 2 rings (SSSR count). The van der Waals surface area contributed by atoms with E-state index in [1.807, 2.05) is 6.92 Å². The summed E-state index contributed by atoms with van der Waals surface area (Å²) in [5.41, 5.74) is 1.41. The number of benzene rings is 2. The van der Waals surface area contributed by atoms with Gasteiger partial charge in [0.15, 0.2) is 18.1 Å². The zero-order valence-electron chi connectivity index (χ0n) is 14.5. The molecule has 0 aliphatic carbocycles. The van der Waals surface area contributed by atoms with Crippen molar-refractivity contribution in [3.05, 3.63) is 46.5 Å². The molecule has 0 fully saturated rings. The van der Waals surface area contributed by atoms with E-state index in [0.29, 0.717) is 10.7 Å². The third kappa shape index (κ3) is 4.58. The fourth-order valence-electron chi connectivity index (χ4n) is 2.15. The lowest BCUT2D eigenvalue weighted by molar-refractivity contribution is -0.118. The summed E-state index contributed by atoms with van der Waals surface area (Å²) in [7, 11) is 2.73. The number of carboxylic acids is 1. The van der Waals surface area contributed by atoms with Crippen molar-refractivity contribution in [2.75, 3.05) is 26.1 Å². The molecule has 26 heavy (non-hydrogen) atoms. The number of aryl methyl sites for hydroxylation is 1. The molecule has 0 unspecified atom stereocenters. The number of rotatable bonds is 7. The van der Waals surface area contributed by atoms with Crippen LogP contribution in [0, 0.1) is 6.92 Å². The molecular formula is C18H18ClNO6. The second-order valence-electron chi connectivity index (χ2n) is 5.32. The molecule has 0 saturated heterocycles. The van der Waals surface area contributed by atoms with Gasteiger partial charge in [0.05, 0.1) is 19.8 Å². The van der Waals surface area contributed by atoms with E-state index in [1.165, 1.54) is 26.4 Å². The average Bonchev–Trinajstić information content (AvgIpc) is 2.62. The van der Waals surface area contributed by atoms with Crippen LogP contribution in [0.25, 0.3) is 0 Å². The lowest BCUT2D eigenvalue weighted by Gasteiger charge is -2.15. The summed E-state index contributed by atoms with van der Waals surface area (Å²) in [4.78, 5) is 23.2. The first-order valence-electron chi connectivity index (χ1n) is 7.53. The van der Waals surface area contributed by atoms with Crippen LogP contribution in [-0.4, -0.2) is 37.8 Å². The number of hydrogen-bond donors (Lipinski definition) is 2. The summed E-state index contributed by atoms with van der Waals surface area (Å²) < 4.78 is 15.8. The highest BCUT2D eigenvalue weighted by Crippen LogP contribution is 2.38. The molecular weight excluding hydrogens is 362 g/mol. The van der Waals surface area contributed by atoms with Crippen molar-refractivity contribution in [2.45, 2.75) is 6.92 Å². The van der Waals surface area contributed by atoms with Crippen LogP contribution in [0.2, 0.25) is 5.02 Å². The normalized spacial score (nSPS) is 10.2. The largest absolute Gasteiger partial charge is 0.493 e. The number of amides is 1. The number of ether oxygens (including phenoxy) is 3. The summed E-state index contributed by atoms with van der Waals surface area (Å²) in [5.74, 6) is -1.13. The lowest BCUT2D eigenvalue weighted by Crippen LogP contribution is -2.20. The number of nitrogens with one attached hydrogen (secondary N) is 1. The SMILES string of the molecule is COc1cc(C(=O)O)cc(OC)c1OCC(=O)Nc1ccc(C)c(Cl)c1. The number of carbonyl (C=O) groups is 2. The van der Waals surface area contributed by atoms with E-state index >= 15 is 0 Å². The Bertz CT molecular complexity index is 811. The highest BCUT2D eigenvalue weighted by molar-refractivity contribution is 6.31. The van der Waals surface area contributed by atoms with Crippen LogP contribution >= 0.6 is 11.6 Å². The number of halogens is 1. The first-order valence-corrected chi connectivity index (χ1v) is 7.91. The van der Waals surface area contributed by atoms with Crippen molar-refractivity contribution in [1.82, 2.24) is 0 Å². The van der Waals surface area contributed by atoms with Gasteiger partial charge in [0, 0.05) is 10.7 Å². The minimum absolute atomic E-state index is 0.0233. The van der Waals surface area contributed by atoms with Gasteiger partial charge >= 0.3 is 5.97 Å². The van der Waals surface area contributed by atoms with Crippen LogP contribution in [0.5, 0.6) is 17.2 Å². The number of hydrogen-bond acceptors (Lipinski definition) is 5. The molecule has 0 heterocycles. The van der Waals surface area contributed by atoms with Crippen molar-refractivity contribution < 1.29 is 28.9 Å². The Hall–Kier alpha value is -2.93. The fraction of sp³-hybridized carbons (Fsp3) is 0.222. The summed E-state index contributed by atoms with van der Waals surface area (Å²) in [5, 5.41) is 12.3. The van der Waals surface area contributed by atoms with Crippen molar-refractivity contribution in [2.24, 2.45) is 0 Å². The van der Waals surface area contributed by atoms with Crippen molar-refractivity contribution >= 4 is 29.2 Å². The Morgan fingerprint density at radius 1 is 1.12 bits per heavy atom. The molecule has 0 aromatic heterocycles. The Morgan fingerprint density at radius 2 is 1.73 bits per heavy atom. The number of carbonyl (C=O) groups excluding carboxylic acids is 1. The first-order chi connectivity index (χ1) is 12.3. The van der Waals surface area contributed by atoms with Gasteiger partial charge in [-0.1, -0.05) is 17.7 Å². The van der Waals surface area contributed by atoms with Gasteiger partial charge in [0.2, 0.25) is 5.75 Å². The summed E-state index contributed by atoms with van der Waals surface area (Å²) in [6, 6.07) is 7.73. The molecule has 8 heteroatoms. The molecule has 2 N–H and O–H groups in total. The summed E-state index contributed by atoms with van der Waals surface area (Å²) >= 11 is 6.03. The van der Waals surface area contributed by atoms with E-state index in [-0.39, 0.29) is 29.4 Å². The highest BCUT2D eigenvalue weighted by Gasteiger charge is 2.18. The second-order valence-corrected chi connectivity index (χ2v) is 5.72. The van der Waals surface area contributed by atoms with Crippen LogP contribution in [0.4, 0.5) is 5.69 Å². The van der Waals surface area contributed by atoms with Crippen molar-refractivity contribution in [3.8, 4) is 17.2 Å². The van der Waals surface area contributed by atoms with Crippen molar-refractivity contribution in [1.29, 1.82) is 0 Å². The van der Waals surface area contributed by atoms with Crippen molar-refractivity contribution in [3.63, 3.8) is 0 Å². The van der Waals surface area contributed by atoms with Crippen LogP contribution < -0.4 is 19.5 Å². The number of carboxylic acid groups (broad SMARTS) is 1. The average molecular weight is 380 g/mol. The van der Waals surface area contributed by atoms with Gasteiger partial charge < -0.3 is 24.6 Å². The molecule has 0 aliphatic heterocycles.